The van der Waals surface area contributed by atoms with Gasteiger partial charge in [0.1, 0.15) is 0 Å². The van der Waals surface area contributed by atoms with Gasteiger partial charge in [0.05, 0.1) is 11.2 Å². The van der Waals surface area contributed by atoms with Crippen molar-refractivity contribution in [3.8, 4) is 0 Å². The summed E-state index contributed by atoms with van der Waals surface area (Å²) < 4.78 is 6.47. The van der Waals surface area contributed by atoms with Gasteiger partial charge in [-0.3, -0.25) is 4.90 Å². The molecule has 0 bridgehead atoms. The van der Waals surface area contributed by atoms with Crippen LogP contribution in [0.25, 0.3) is 0 Å². The van der Waals surface area contributed by atoms with Crippen molar-refractivity contribution in [2.75, 3.05) is 13.1 Å². The van der Waals surface area contributed by atoms with Gasteiger partial charge in [0, 0.05) is 16.2 Å². The minimum absolute atomic E-state index is 0.793. The predicted octanol–water partition coefficient (Wildman–Crippen LogP) is 1.60. The lowest BCUT2D eigenvalue weighted by atomic mass is 9.82. The average Bonchev–Trinajstić information content (AvgIpc) is 2.98. The van der Waals surface area contributed by atoms with Crippen molar-refractivity contribution in [3.63, 3.8) is 0 Å². The maximum Gasteiger partial charge on any atom is 0.502 e. The first kappa shape index (κ1) is 17.0. The van der Waals surface area contributed by atoms with Gasteiger partial charge < -0.3 is 14.8 Å². The van der Waals surface area contributed by atoms with Gasteiger partial charge >= 0.3 is 7.12 Å². The van der Waals surface area contributed by atoms with Gasteiger partial charge in [-0.2, -0.15) is 0 Å². The van der Waals surface area contributed by atoms with Gasteiger partial charge in [-0.15, -0.1) is 11.3 Å². The molecule has 1 aliphatic heterocycles. The van der Waals surface area contributed by atoms with Crippen molar-refractivity contribution >= 4 is 23.2 Å². The highest BCUT2D eigenvalue weighted by molar-refractivity contribution is 7.22. The summed E-state index contributed by atoms with van der Waals surface area (Å²) >= 11 is 1.58. The molecule has 0 spiro atoms. The van der Waals surface area contributed by atoms with Crippen LogP contribution in [0.3, 0.4) is 0 Å². The molecular formula is C15H26BNO3S. The summed E-state index contributed by atoms with van der Waals surface area (Å²) in [5.74, 6) is 0. The van der Waals surface area contributed by atoms with Crippen molar-refractivity contribution in [1.29, 1.82) is 0 Å². The second kappa shape index (κ2) is 6.38. The molecule has 1 saturated heterocycles. The maximum absolute atomic E-state index is 10.3. The summed E-state index contributed by atoms with van der Waals surface area (Å²) in [5, 5.41) is 20.4. The molecule has 21 heavy (non-hydrogen) atoms. The third-order valence-corrected chi connectivity index (χ3v) is 5.48. The van der Waals surface area contributed by atoms with Crippen LogP contribution in [-0.2, 0) is 11.2 Å². The van der Waals surface area contributed by atoms with E-state index in [9.17, 15) is 10.1 Å². The average molecular weight is 311 g/mol. The Morgan fingerprint density at radius 3 is 2.43 bits per heavy atom. The van der Waals surface area contributed by atoms with Crippen LogP contribution in [0.4, 0.5) is 0 Å². The Kier molecular flexibility index (Phi) is 5.16. The van der Waals surface area contributed by atoms with Crippen LogP contribution in [0.5, 0.6) is 0 Å². The van der Waals surface area contributed by atoms with Crippen molar-refractivity contribution in [3.05, 3.63) is 17.0 Å². The molecule has 2 rings (SSSR count). The molecular weight excluding hydrogens is 285 g/mol. The molecule has 0 saturated carbocycles. The molecule has 0 atom stereocenters. The number of likely N-dealkylation sites (tertiary alicyclic amines) is 1. The Morgan fingerprint density at radius 1 is 1.24 bits per heavy atom. The normalized spacial score (nSPS) is 17.4. The van der Waals surface area contributed by atoms with E-state index >= 15 is 0 Å². The molecule has 118 valence electrons. The smallest absolute Gasteiger partial charge is 0.423 e. The summed E-state index contributed by atoms with van der Waals surface area (Å²) in [5.41, 5.74) is -1.85. The summed E-state index contributed by atoms with van der Waals surface area (Å²) in [6, 6.07) is 3.98. The highest BCUT2D eigenvalue weighted by Gasteiger charge is 2.39. The lowest BCUT2D eigenvalue weighted by Gasteiger charge is -2.38. The van der Waals surface area contributed by atoms with E-state index in [1.54, 1.807) is 39.0 Å². The maximum atomic E-state index is 10.3. The van der Waals surface area contributed by atoms with Crippen LogP contribution < -0.4 is 4.78 Å². The number of hydrogen-bond donors (Lipinski definition) is 2. The fraction of sp³-hybridized carbons (Fsp3) is 0.733. The van der Waals surface area contributed by atoms with Crippen LogP contribution in [0.1, 0.15) is 45.4 Å². The van der Waals surface area contributed by atoms with Gasteiger partial charge in [-0.05, 0) is 59.7 Å². The van der Waals surface area contributed by atoms with Crippen LogP contribution >= 0.6 is 11.3 Å². The quantitative estimate of drug-likeness (QED) is 0.784. The van der Waals surface area contributed by atoms with Crippen LogP contribution in [0, 0.1) is 0 Å². The van der Waals surface area contributed by atoms with E-state index in [4.69, 9.17) is 4.65 Å². The van der Waals surface area contributed by atoms with Gasteiger partial charge in [0.2, 0.25) is 0 Å². The molecule has 0 amide bonds. The van der Waals surface area contributed by atoms with Crippen molar-refractivity contribution in [2.45, 2.75) is 58.3 Å². The molecule has 0 aliphatic carbocycles. The van der Waals surface area contributed by atoms with Crippen LogP contribution in [0.15, 0.2) is 12.1 Å². The minimum atomic E-state index is -1.02. The highest BCUT2D eigenvalue weighted by atomic mass is 32.1. The first-order valence-corrected chi connectivity index (χ1v) is 8.40. The largest absolute Gasteiger partial charge is 0.502 e. The molecule has 0 aromatic carbocycles. The zero-order valence-electron chi connectivity index (χ0n) is 13.4. The molecule has 4 nitrogen and oxygen atoms in total. The van der Waals surface area contributed by atoms with E-state index in [1.165, 1.54) is 17.7 Å². The molecule has 0 unspecified atom stereocenters. The van der Waals surface area contributed by atoms with E-state index in [-0.39, 0.29) is 0 Å². The van der Waals surface area contributed by atoms with Gasteiger partial charge in [0.15, 0.2) is 0 Å². The van der Waals surface area contributed by atoms with Crippen molar-refractivity contribution in [2.24, 2.45) is 0 Å². The molecule has 1 fully saturated rings. The Hall–Kier alpha value is -0.395. The monoisotopic (exact) mass is 311 g/mol. The molecule has 1 aliphatic rings. The molecule has 1 aromatic heterocycles. The molecule has 2 heterocycles. The minimum Gasteiger partial charge on any atom is -0.423 e. The molecule has 0 radical (unpaired) electrons. The summed E-state index contributed by atoms with van der Waals surface area (Å²) in [6.07, 6.45) is 2.56. The third-order valence-electron chi connectivity index (χ3n) is 4.38. The Bertz CT molecular complexity index is 464. The zero-order chi connectivity index (χ0) is 15.7. The fourth-order valence-corrected chi connectivity index (χ4v) is 3.23. The standard InChI is InChI=1S/C15H26BNO3S/c1-14(2,18)15(3,4)20-16(19)13-8-7-12(21-13)11-17-9-5-6-10-17/h7-8,18-19H,5-6,9-11H2,1-4H3. The highest BCUT2D eigenvalue weighted by Crippen LogP contribution is 2.26. The lowest BCUT2D eigenvalue weighted by Crippen LogP contribution is -2.52. The van der Waals surface area contributed by atoms with Gasteiger partial charge in [0.25, 0.3) is 0 Å². The molecule has 1 aromatic rings. The number of thiophene rings is 1. The first-order valence-electron chi connectivity index (χ1n) is 7.58. The molecule has 2 N–H and O–H groups in total. The zero-order valence-corrected chi connectivity index (χ0v) is 14.2. The van der Waals surface area contributed by atoms with E-state index in [2.05, 4.69) is 11.0 Å². The van der Waals surface area contributed by atoms with Crippen molar-refractivity contribution < 1.29 is 14.8 Å². The van der Waals surface area contributed by atoms with Crippen LogP contribution in [0.2, 0.25) is 0 Å². The number of nitrogens with zero attached hydrogens (tertiary/aromatic N) is 1. The Balaban J connectivity index is 1.96. The second-order valence-electron chi connectivity index (χ2n) is 6.83. The Morgan fingerprint density at radius 2 is 1.86 bits per heavy atom. The number of rotatable bonds is 6. The number of hydrogen-bond acceptors (Lipinski definition) is 5. The van der Waals surface area contributed by atoms with E-state index < -0.39 is 18.3 Å². The fourth-order valence-electron chi connectivity index (χ4n) is 2.25. The van der Waals surface area contributed by atoms with Crippen LogP contribution in [-0.4, -0.2) is 46.4 Å². The first-order chi connectivity index (χ1) is 9.69. The molecule has 6 heteroatoms. The summed E-state index contributed by atoms with van der Waals surface area (Å²) in [4.78, 5) is 3.68. The van der Waals surface area contributed by atoms with Crippen molar-refractivity contribution in [1.82, 2.24) is 4.90 Å². The number of aliphatic hydroxyl groups is 1. The topological polar surface area (TPSA) is 52.9 Å². The summed E-state index contributed by atoms with van der Waals surface area (Å²) in [7, 11) is -0.997. The SMILES string of the molecule is CC(C)(O)C(C)(C)OB(O)c1ccc(CN2CCCC2)s1. The Labute approximate surface area is 131 Å². The van der Waals surface area contributed by atoms with E-state index in [0.29, 0.717) is 0 Å². The second-order valence-corrected chi connectivity index (χ2v) is 8.03. The predicted molar refractivity (Wildman–Crippen MR) is 87.9 cm³/mol. The summed E-state index contributed by atoms with van der Waals surface area (Å²) in [6.45, 7) is 10.2. The van der Waals surface area contributed by atoms with Gasteiger partial charge in [-0.25, -0.2) is 0 Å². The lowest BCUT2D eigenvalue weighted by molar-refractivity contribution is -0.0981. The van der Waals surface area contributed by atoms with Gasteiger partial charge in [-0.1, -0.05) is 6.07 Å². The van der Waals surface area contributed by atoms with E-state index in [0.717, 1.165) is 24.4 Å². The van der Waals surface area contributed by atoms with E-state index in [1.807, 2.05) is 6.07 Å². The third kappa shape index (κ3) is 4.30.